The monoisotopic (exact) mass is 415 g/mol. The summed E-state index contributed by atoms with van der Waals surface area (Å²) >= 11 is 1.42. The summed E-state index contributed by atoms with van der Waals surface area (Å²) in [6.45, 7) is 11.1. The van der Waals surface area contributed by atoms with Crippen LogP contribution in [0.15, 0.2) is 34.7 Å². The second-order valence-electron chi connectivity index (χ2n) is 6.95. The molecule has 7 nitrogen and oxygen atoms in total. The van der Waals surface area contributed by atoms with E-state index in [9.17, 15) is 4.79 Å². The lowest BCUT2D eigenvalue weighted by Crippen LogP contribution is -2.45. The molecular formula is C21H29N5O2S. The number of nitrogens with zero attached hydrogens (tertiary/aromatic N) is 4. The molecule has 0 saturated carbocycles. The Morgan fingerprint density at radius 2 is 1.93 bits per heavy atom. The predicted molar refractivity (Wildman–Crippen MR) is 118 cm³/mol. The molecule has 0 bridgehead atoms. The van der Waals surface area contributed by atoms with E-state index >= 15 is 0 Å². The molecule has 1 saturated heterocycles. The van der Waals surface area contributed by atoms with E-state index in [4.69, 9.17) is 4.74 Å². The largest absolute Gasteiger partial charge is 0.466 e. The Bertz CT molecular complexity index is 798. The Balaban J connectivity index is 1.44. The van der Waals surface area contributed by atoms with Crippen molar-refractivity contribution in [1.82, 2.24) is 14.8 Å². The van der Waals surface area contributed by atoms with Crippen LogP contribution in [0.4, 0.5) is 5.13 Å². The number of likely N-dealkylation sites (N-methyl/N-ethyl adjacent to an activating group) is 1. The summed E-state index contributed by atoms with van der Waals surface area (Å²) in [5.41, 5.74) is 5.96. The molecule has 0 radical (unpaired) electrons. The lowest BCUT2D eigenvalue weighted by molar-refractivity contribution is -0.142. The molecule has 8 heteroatoms. The van der Waals surface area contributed by atoms with E-state index in [1.165, 1.54) is 16.9 Å². The van der Waals surface area contributed by atoms with Gasteiger partial charge in [-0.1, -0.05) is 31.2 Å². The van der Waals surface area contributed by atoms with Crippen LogP contribution in [0.5, 0.6) is 0 Å². The van der Waals surface area contributed by atoms with Crippen molar-refractivity contribution in [3.05, 3.63) is 46.5 Å². The van der Waals surface area contributed by atoms with Crippen LogP contribution < -0.4 is 5.43 Å². The molecule has 1 fully saturated rings. The van der Waals surface area contributed by atoms with E-state index in [0.29, 0.717) is 17.4 Å². The second kappa shape index (κ2) is 11.0. The van der Waals surface area contributed by atoms with Crippen LogP contribution in [-0.2, 0) is 22.5 Å². The molecule has 2 heterocycles. The molecule has 0 aliphatic carbocycles. The number of nitrogens with one attached hydrogen (secondary N) is 1. The Kier molecular flexibility index (Phi) is 8.15. The number of aromatic nitrogens is 1. The van der Waals surface area contributed by atoms with E-state index in [-0.39, 0.29) is 12.4 Å². The first kappa shape index (κ1) is 21.4. The highest BCUT2D eigenvalue weighted by atomic mass is 32.1. The number of hydrazone groups is 1. The van der Waals surface area contributed by atoms with Crippen molar-refractivity contribution in [3.63, 3.8) is 0 Å². The van der Waals surface area contributed by atoms with Gasteiger partial charge in [-0.15, -0.1) is 11.3 Å². The maximum atomic E-state index is 11.5. The van der Waals surface area contributed by atoms with Gasteiger partial charge in [-0.05, 0) is 24.6 Å². The number of ether oxygens (including phenoxy) is 1. The van der Waals surface area contributed by atoms with E-state index in [0.717, 1.165) is 44.8 Å². The number of rotatable bonds is 9. The highest BCUT2D eigenvalue weighted by Crippen LogP contribution is 2.16. The summed E-state index contributed by atoms with van der Waals surface area (Å²) < 4.78 is 4.93. The van der Waals surface area contributed by atoms with E-state index in [1.807, 2.05) is 5.38 Å². The number of anilines is 1. The topological polar surface area (TPSA) is 70.1 Å². The average molecular weight is 416 g/mol. The number of piperazine rings is 1. The van der Waals surface area contributed by atoms with Crippen molar-refractivity contribution in [2.45, 2.75) is 26.8 Å². The van der Waals surface area contributed by atoms with Crippen LogP contribution in [0.25, 0.3) is 0 Å². The van der Waals surface area contributed by atoms with Gasteiger partial charge in [0.2, 0.25) is 5.13 Å². The molecule has 1 aromatic heterocycles. The van der Waals surface area contributed by atoms with Crippen molar-refractivity contribution in [2.75, 3.05) is 44.8 Å². The number of hydrogen-bond donors (Lipinski definition) is 1. The van der Waals surface area contributed by atoms with E-state index in [1.54, 1.807) is 13.1 Å². The second-order valence-corrected chi connectivity index (χ2v) is 7.81. The van der Waals surface area contributed by atoms with Gasteiger partial charge >= 0.3 is 5.97 Å². The fraction of sp³-hybridized carbons (Fsp3) is 0.476. The number of esters is 1. The van der Waals surface area contributed by atoms with Gasteiger partial charge in [0, 0.05) is 38.1 Å². The minimum absolute atomic E-state index is 0.185. The van der Waals surface area contributed by atoms with Crippen LogP contribution in [0.1, 0.15) is 30.7 Å². The maximum absolute atomic E-state index is 11.5. The van der Waals surface area contributed by atoms with Gasteiger partial charge in [-0.25, -0.2) is 4.98 Å². The zero-order chi connectivity index (χ0) is 20.5. The molecule has 1 aromatic carbocycles. The molecule has 1 N–H and O–H groups in total. The third-order valence-electron chi connectivity index (χ3n) is 4.85. The number of benzene rings is 1. The lowest BCUT2D eigenvalue weighted by atomic mass is 10.1. The highest BCUT2D eigenvalue weighted by Gasteiger charge is 2.15. The molecule has 1 aliphatic rings. The zero-order valence-corrected chi connectivity index (χ0v) is 18.0. The molecule has 0 spiro atoms. The van der Waals surface area contributed by atoms with Gasteiger partial charge in [0.15, 0.2) is 0 Å². The molecule has 2 aromatic rings. The molecule has 1 aliphatic heterocycles. The lowest BCUT2D eigenvalue weighted by Gasteiger charge is -2.34. The molecule has 0 unspecified atom stereocenters. The SMILES string of the molecule is CCOC(=O)Cc1csc(NN=Cc2ccc(CN3CCN(CC)CC3)cc2)n1. The average Bonchev–Trinajstić information content (AvgIpc) is 3.17. The van der Waals surface area contributed by atoms with Gasteiger partial charge in [0.1, 0.15) is 0 Å². The standard InChI is InChI=1S/C21H29N5O2S/c1-3-25-9-11-26(12-10-25)15-18-7-5-17(6-8-18)14-22-24-21-23-19(16-29-21)13-20(27)28-4-2/h5-8,14,16H,3-4,9-13,15H2,1-2H3,(H,23,24). The molecule has 0 amide bonds. The summed E-state index contributed by atoms with van der Waals surface area (Å²) in [5, 5.41) is 6.74. The van der Waals surface area contributed by atoms with Crippen LogP contribution in [0.2, 0.25) is 0 Å². The van der Waals surface area contributed by atoms with Crippen molar-refractivity contribution in [3.8, 4) is 0 Å². The van der Waals surface area contributed by atoms with Crippen molar-refractivity contribution in [2.24, 2.45) is 5.10 Å². The van der Waals surface area contributed by atoms with Gasteiger partial charge < -0.3 is 9.64 Å². The first-order valence-corrected chi connectivity index (χ1v) is 11.0. The third-order valence-corrected chi connectivity index (χ3v) is 5.65. The zero-order valence-electron chi connectivity index (χ0n) is 17.1. The Morgan fingerprint density at radius 1 is 1.21 bits per heavy atom. The molecule has 0 atom stereocenters. The maximum Gasteiger partial charge on any atom is 0.311 e. The first-order chi connectivity index (χ1) is 14.2. The van der Waals surface area contributed by atoms with Gasteiger partial charge in [-0.2, -0.15) is 5.10 Å². The van der Waals surface area contributed by atoms with Gasteiger partial charge in [0.05, 0.1) is 24.9 Å². The fourth-order valence-electron chi connectivity index (χ4n) is 3.19. The van der Waals surface area contributed by atoms with Crippen LogP contribution in [-0.4, -0.2) is 66.3 Å². The van der Waals surface area contributed by atoms with Crippen LogP contribution in [0, 0.1) is 0 Å². The number of carbonyl (C=O) groups excluding carboxylic acids is 1. The van der Waals surface area contributed by atoms with Gasteiger partial charge in [0.25, 0.3) is 0 Å². The number of carbonyl (C=O) groups is 1. The minimum atomic E-state index is -0.264. The Hall–Kier alpha value is -2.29. The smallest absolute Gasteiger partial charge is 0.311 e. The van der Waals surface area contributed by atoms with E-state index in [2.05, 4.69) is 56.5 Å². The fourth-order valence-corrected chi connectivity index (χ4v) is 3.85. The first-order valence-electron chi connectivity index (χ1n) is 10.1. The summed E-state index contributed by atoms with van der Waals surface area (Å²) in [4.78, 5) is 20.8. The number of hydrogen-bond acceptors (Lipinski definition) is 8. The van der Waals surface area contributed by atoms with Crippen molar-refractivity contribution < 1.29 is 9.53 Å². The molecule has 156 valence electrons. The normalized spacial score (nSPS) is 15.7. The molecule has 29 heavy (non-hydrogen) atoms. The van der Waals surface area contributed by atoms with Gasteiger partial charge in [-0.3, -0.25) is 15.1 Å². The minimum Gasteiger partial charge on any atom is -0.466 e. The van der Waals surface area contributed by atoms with Crippen molar-refractivity contribution in [1.29, 1.82) is 0 Å². The van der Waals surface area contributed by atoms with Crippen LogP contribution >= 0.6 is 11.3 Å². The summed E-state index contributed by atoms with van der Waals surface area (Å²) in [7, 11) is 0. The Labute approximate surface area is 176 Å². The molecule has 3 rings (SSSR count). The summed E-state index contributed by atoms with van der Waals surface area (Å²) in [5.74, 6) is -0.264. The van der Waals surface area contributed by atoms with Crippen LogP contribution in [0.3, 0.4) is 0 Å². The Morgan fingerprint density at radius 3 is 2.62 bits per heavy atom. The summed E-state index contributed by atoms with van der Waals surface area (Å²) in [6.07, 6.45) is 1.96. The predicted octanol–water partition coefficient (Wildman–Crippen LogP) is 2.83. The third kappa shape index (κ3) is 6.92. The quantitative estimate of drug-likeness (QED) is 0.386. The highest BCUT2D eigenvalue weighted by molar-refractivity contribution is 7.13. The van der Waals surface area contributed by atoms with Crippen molar-refractivity contribution >= 4 is 28.7 Å². The summed E-state index contributed by atoms with van der Waals surface area (Å²) in [6, 6.07) is 8.48. The number of thiazole rings is 1. The molecular weight excluding hydrogens is 386 g/mol. The van der Waals surface area contributed by atoms with E-state index < -0.39 is 0 Å².